The number of hydrogen-bond acceptors (Lipinski definition) is 5. The van der Waals surface area contributed by atoms with Gasteiger partial charge in [-0.05, 0) is 30.3 Å². The van der Waals surface area contributed by atoms with E-state index in [1.54, 1.807) is 48.5 Å². The van der Waals surface area contributed by atoms with Crippen LogP contribution in [-0.2, 0) is 14.8 Å². The summed E-state index contributed by atoms with van der Waals surface area (Å²) in [6.07, 6.45) is 1.02. The van der Waals surface area contributed by atoms with E-state index in [0.29, 0.717) is 22.7 Å². The maximum atomic E-state index is 12.2. The number of amides is 1. The lowest BCUT2D eigenvalue weighted by atomic mass is 10.2. The zero-order valence-corrected chi connectivity index (χ0v) is 15.3. The zero-order chi connectivity index (χ0) is 19.2. The first kappa shape index (κ1) is 19.3. The first-order valence-electron chi connectivity index (χ1n) is 7.76. The van der Waals surface area contributed by atoms with E-state index >= 15 is 0 Å². The Balaban J connectivity index is 2.12. The number of carbonyl (C=O) groups is 1. The molecule has 1 amide bonds. The summed E-state index contributed by atoms with van der Waals surface area (Å²) in [4.78, 5) is 12.2. The molecule has 8 heteroatoms. The Bertz CT molecular complexity index is 935. The Morgan fingerprint density at radius 3 is 2.62 bits per heavy atom. The van der Waals surface area contributed by atoms with E-state index in [4.69, 9.17) is 10.00 Å². The second kappa shape index (κ2) is 8.36. The number of methoxy groups -OCH3 is 1. The van der Waals surface area contributed by atoms with E-state index in [0.717, 1.165) is 10.6 Å². The summed E-state index contributed by atoms with van der Waals surface area (Å²) < 4.78 is 30.7. The van der Waals surface area contributed by atoms with Crippen molar-refractivity contribution in [2.24, 2.45) is 0 Å². The Hall–Kier alpha value is -3.05. The number of anilines is 2. The van der Waals surface area contributed by atoms with Gasteiger partial charge < -0.3 is 10.1 Å². The monoisotopic (exact) mass is 373 g/mol. The van der Waals surface area contributed by atoms with E-state index in [2.05, 4.69) is 5.32 Å². The number of hydrogen-bond donors (Lipinski definition) is 1. The fraction of sp³-hybridized carbons (Fsp3) is 0.222. The Kier molecular flexibility index (Phi) is 6.20. The van der Waals surface area contributed by atoms with Gasteiger partial charge in [-0.25, -0.2) is 8.42 Å². The molecule has 0 aliphatic carbocycles. The minimum Gasteiger partial charge on any atom is -0.495 e. The number of nitrogens with one attached hydrogen (secondary N) is 1. The molecule has 0 radical (unpaired) electrons. The lowest BCUT2D eigenvalue weighted by Gasteiger charge is -2.24. The first-order chi connectivity index (χ1) is 12.3. The molecule has 0 saturated heterocycles. The van der Waals surface area contributed by atoms with Gasteiger partial charge in [0.25, 0.3) is 0 Å². The average Bonchev–Trinajstić information content (AvgIpc) is 2.61. The molecular weight excluding hydrogens is 354 g/mol. The van der Waals surface area contributed by atoms with Crippen LogP contribution in [0.15, 0.2) is 48.5 Å². The smallest absolute Gasteiger partial charge is 0.232 e. The van der Waals surface area contributed by atoms with Crippen LogP contribution in [0.2, 0.25) is 0 Å². The maximum Gasteiger partial charge on any atom is 0.232 e. The molecule has 7 nitrogen and oxygen atoms in total. The summed E-state index contributed by atoms with van der Waals surface area (Å²) in [5.74, 6) is 0.0451. The van der Waals surface area contributed by atoms with Gasteiger partial charge >= 0.3 is 0 Å². The van der Waals surface area contributed by atoms with Gasteiger partial charge in [-0.2, -0.15) is 5.26 Å². The molecule has 0 aliphatic heterocycles. The highest BCUT2D eigenvalue weighted by molar-refractivity contribution is 7.92. The van der Waals surface area contributed by atoms with Gasteiger partial charge in [-0.15, -0.1) is 0 Å². The third-order valence-electron chi connectivity index (χ3n) is 3.57. The number of para-hydroxylation sites is 2. The van der Waals surface area contributed by atoms with Crippen LogP contribution in [0.5, 0.6) is 5.75 Å². The van der Waals surface area contributed by atoms with Crippen molar-refractivity contribution in [3.05, 3.63) is 54.1 Å². The number of sulfonamides is 1. The molecule has 0 saturated carbocycles. The van der Waals surface area contributed by atoms with E-state index in [9.17, 15) is 13.2 Å². The minimum absolute atomic E-state index is 0.0387. The van der Waals surface area contributed by atoms with Crippen LogP contribution in [-0.4, -0.2) is 34.2 Å². The highest BCUT2D eigenvalue weighted by Crippen LogP contribution is 2.29. The van der Waals surface area contributed by atoms with Crippen LogP contribution in [0, 0.1) is 11.3 Å². The van der Waals surface area contributed by atoms with E-state index < -0.39 is 10.0 Å². The molecule has 2 aromatic rings. The Morgan fingerprint density at radius 2 is 1.96 bits per heavy atom. The Morgan fingerprint density at radius 1 is 1.23 bits per heavy atom. The highest BCUT2D eigenvalue weighted by atomic mass is 32.2. The highest BCUT2D eigenvalue weighted by Gasteiger charge is 2.21. The molecule has 0 spiro atoms. The van der Waals surface area contributed by atoms with Crippen molar-refractivity contribution >= 4 is 27.3 Å². The summed E-state index contributed by atoms with van der Waals surface area (Å²) in [5, 5.41) is 11.6. The van der Waals surface area contributed by atoms with Crippen LogP contribution in [0.4, 0.5) is 11.4 Å². The number of rotatable bonds is 7. The molecule has 2 aromatic carbocycles. The molecule has 0 bridgehead atoms. The number of nitriles is 1. The lowest BCUT2D eigenvalue weighted by Crippen LogP contribution is -2.33. The Labute approximate surface area is 152 Å². The molecule has 0 fully saturated rings. The van der Waals surface area contributed by atoms with Crippen LogP contribution in [0.25, 0.3) is 0 Å². The molecule has 2 rings (SSSR count). The fourth-order valence-electron chi connectivity index (χ4n) is 2.39. The fourth-order valence-corrected chi connectivity index (χ4v) is 3.32. The summed E-state index contributed by atoms with van der Waals surface area (Å²) >= 11 is 0. The second-order valence-electron chi connectivity index (χ2n) is 5.50. The molecule has 0 unspecified atom stereocenters. The zero-order valence-electron chi connectivity index (χ0n) is 14.5. The summed E-state index contributed by atoms with van der Waals surface area (Å²) in [6, 6.07) is 15.2. The van der Waals surface area contributed by atoms with Gasteiger partial charge in [0.05, 0.1) is 30.7 Å². The van der Waals surface area contributed by atoms with Crippen LogP contribution < -0.4 is 14.4 Å². The maximum absolute atomic E-state index is 12.2. The summed E-state index contributed by atoms with van der Waals surface area (Å²) in [7, 11) is -2.15. The largest absolute Gasteiger partial charge is 0.495 e. The van der Waals surface area contributed by atoms with Gasteiger partial charge in [0.2, 0.25) is 15.9 Å². The van der Waals surface area contributed by atoms with E-state index in [1.807, 2.05) is 6.07 Å². The van der Waals surface area contributed by atoms with Crippen LogP contribution >= 0.6 is 0 Å². The first-order valence-corrected chi connectivity index (χ1v) is 9.60. The van der Waals surface area contributed by atoms with Crippen molar-refractivity contribution in [2.45, 2.75) is 6.42 Å². The topological polar surface area (TPSA) is 99.5 Å². The predicted molar refractivity (Wildman–Crippen MR) is 99.6 cm³/mol. The SMILES string of the molecule is COc1ccccc1N(CCC(=O)Nc1cccc(C#N)c1)S(C)(=O)=O. The quantitative estimate of drug-likeness (QED) is 0.803. The number of ether oxygens (including phenoxy) is 1. The number of benzene rings is 2. The molecule has 136 valence electrons. The number of nitrogens with zero attached hydrogens (tertiary/aromatic N) is 2. The minimum atomic E-state index is -3.60. The van der Waals surface area contributed by atoms with Crippen molar-refractivity contribution in [3.63, 3.8) is 0 Å². The molecule has 26 heavy (non-hydrogen) atoms. The standard InChI is InChI=1S/C18H19N3O4S/c1-25-17-9-4-3-8-16(17)21(26(2,23)24)11-10-18(22)20-15-7-5-6-14(12-15)13-19/h3-9,12H,10-11H2,1-2H3,(H,20,22). The molecule has 1 N–H and O–H groups in total. The average molecular weight is 373 g/mol. The number of carbonyl (C=O) groups excluding carboxylic acids is 1. The van der Waals surface area contributed by atoms with Crippen molar-refractivity contribution in [1.29, 1.82) is 5.26 Å². The van der Waals surface area contributed by atoms with Gasteiger partial charge in [0.15, 0.2) is 0 Å². The van der Waals surface area contributed by atoms with Crippen molar-refractivity contribution in [2.75, 3.05) is 29.5 Å². The summed E-state index contributed by atoms with van der Waals surface area (Å²) in [5.41, 5.74) is 1.28. The summed E-state index contributed by atoms with van der Waals surface area (Å²) in [6.45, 7) is -0.0387. The van der Waals surface area contributed by atoms with Gasteiger partial charge in [-0.1, -0.05) is 18.2 Å². The molecule has 0 aliphatic rings. The van der Waals surface area contributed by atoms with E-state index in [-0.39, 0.29) is 18.9 Å². The molecule has 0 aromatic heterocycles. The van der Waals surface area contributed by atoms with Gasteiger partial charge in [0, 0.05) is 18.7 Å². The van der Waals surface area contributed by atoms with Crippen LogP contribution in [0.3, 0.4) is 0 Å². The third-order valence-corrected chi connectivity index (χ3v) is 4.75. The van der Waals surface area contributed by atoms with Gasteiger partial charge in [-0.3, -0.25) is 9.10 Å². The third kappa shape index (κ3) is 4.97. The predicted octanol–water partition coefficient (Wildman–Crippen LogP) is 2.36. The van der Waals surface area contributed by atoms with Crippen molar-refractivity contribution in [3.8, 4) is 11.8 Å². The lowest BCUT2D eigenvalue weighted by molar-refractivity contribution is -0.116. The van der Waals surface area contributed by atoms with Crippen LogP contribution in [0.1, 0.15) is 12.0 Å². The van der Waals surface area contributed by atoms with E-state index in [1.165, 1.54) is 7.11 Å². The second-order valence-corrected chi connectivity index (χ2v) is 7.40. The molecule has 0 heterocycles. The normalized spacial score (nSPS) is 10.7. The van der Waals surface area contributed by atoms with Crippen molar-refractivity contribution in [1.82, 2.24) is 0 Å². The van der Waals surface area contributed by atoms with Gasteiger partial charge in [0.1, 0.15) is 5.75 Å². The molecule has 0 atom stereocenters. The van der Waals surface area contributed by atoms with Crippen molar-refractivity contribution < 1.29 is 17.9 Å². The molecular formula is C18H19N3O4S.